The number of fused-ring (bicyclic) bond motifs is 3. The van der Waals surface area contributed by atoms with Gasteiger partial charge in [0.05, 0.1) is 5.39 Å². The fourth-order valence-corrected chi connectivity index (χ4v) is 3.37. The van der Waals surface area contributed by atoms with E-state index in [9.17, 15) is 4.79 Å². The molecule has 0 radical (unpaired) electrons. The summed E-state index contributed by atoms with van der Waals surface area (Å²) in [6.07, 6.45) is 1.89. The lowest BCUT2D eigenvalue weighted by atomic mass is 9.85. The van der Waals surface area contributed by atoms with E-state index in [1.54, 1.807) is 6.07 Å². The summed E-state index contributed by atoms with van der Waals surface area (Å²) in [7, 11) is 4.03. The summed E-state index contributed by atoms with van der Waals surface area (Å²) in [5, 5.41) is 0.807. The molecule has 0 bridgehead atoms. The van der Waals surface area contributed by atoms with Crippen molar-refractivity contribution in [2.75, 3.05) is 19.0 Å². The zero-order chi connectivity index (χ0) is 18.5. The summed E-state index contributed by atoms with van der Waals surface area (Å²) in [6, 6.07) is 15.8. The highest BCUT2D eigenvalue weighted by atomic mass is 16.5. The molecule has 0 amide bonds. The van der Waals surface area contributed by atoms with Crippen molar-refractivity contribution in [1.82, 2.24) is 0 Å². The molecule has 26 heavy (non-hydrogen) atoms. The standard InChI is InChI=1S/C22H21NO3/c1-14-13-18-20(17-7-5-6-8-19(17)25-21(18)24)26-22(14,2)15-9-11-16(12-10-15)23(3)4/h5-13H,1-4H3. The maximum atomic E-state index is 12.4. The minimum atomic E-state index is -0.644. The van der Waals surface area contributed by atoms with Gasteiger partial charge in [0.2, 0.25) is 0 Å². The highest BCUT2D eigenvalue weighted by Gasteiger charge is 2.36. The average Bonchev–Trinajstić information content (AvgIpc) is 2.63. The number of hydrogen-bond acceptors (Lipinski definition) is 4. The van der Waals surface area contributed by atoms with Crippen LogP contribution in [0.4, 0.5) is 5.69 Å². The summed E-state index contributed by atoms with van der Waals surface area (Å²) in [6.45, 7) is 4.02. The minimum absolute atomic E-state index is 0.372. The second-order valence-electron chi connectivity index (χ2n) is 7.03. The zero-order valence-corrected chi connectivity index (χ0v) is 15.4. The smallest absolute Gasteiger partial charge is 0.347 e. The minimum Gasteiger partial charge on any atom is -0.477 e. The maximum Gasteiger partial charge on any atom is 0.347 e. The molecule has 4 heteroatoms. The van der Waals surface area contributed by atoms with Crippen molar-refractivity contribution in [3.05, 3.63) is 75.7 Å². The summed E-state index contributed by atoms with van der Waals surface area (Å²) in [5.41, 5.74) is 3.13. The number of nitrogens with zero attached hydrogens (tertiary/aromatic N) is 1. The first-order valence-corrected chi connectivity index (χ1v) is 8.61. The van der Waals surface area contributed by atoms with Crippen LogP contribution in [-0.2, 0) is 5.60 Å². The third kappa shape index (κ3) is 2.41. The van der Waals surface area contributed by atoms with Crippen LogP contribution in [0.2, 0.25) is 0 Å². The molecule has 1 aliphatic heterocycles. The van der Waals surface area contributed by atoms with Gasteiger partial charge in [0.15, 0.2) is 5.60 Å². The second kappa shape index (κ2) is 5.77. The molecule has 0 saturated carbocycles. The summed E-state index contributed by atoms with van der Waals surface area (Å²) in [4.78, 5) is 14.5. The van der Waals surface area contributed by atoms with Gasteiger partial charge in [-0.2, -0.15) is 0 Å². The van der Waals surface area contributed by atoms with E-state index < -0.39 is 5.60 Å². The van der Waals surface area contributed by atoms with Crippen molar-refractivity contribution in [2.24, 2.45) is 0 Å². The Morgan fingerprint density at radius 3 is 2.38 bits per heavy atom. The molecule has 2 aromatic carbocycles. The Morgan fingerprint density at radius 2 is 1.69 bits per heavy atom. The fraction of sp³-hybridized carbons (Fsp3) is 0.227. The van der Waals surface area contributed by atoms with Crippen LogP contribution in [-0.4, -0.2) is 14.1 Å². The molecule has 1 aromatic heterocycles. The van der Waals surface area contributed by atoms with E-state index in [4.69, 9.17) is 9.15 Å². The van der Waals surface area contributed by atoms with E-state index in [0.717, 1.165) is 22.2 Å². The Bertz CT molecular complexity index is 1080. The number of rotatable bonds is 2. The van der Waals surface area contributed by atoms with E-state index in [-0.39, 0.29) is 5.63 Å². The lowest BCUT2D eigenvalue weighted by Crippen LogP contribution is -2.34. The van der Waals surface area contributed by atoms with Crippen molar-refractivity contribution in [2.45, 2.75) is 19.4 Å². The van der Waals surface area contributed by atoms with E-state index in [1.165, 1.54) is 0 Å². The first-order valence-electron chi connectivity index (χ1n) is 8.61. The monoisotopic (exact) mass is 347 g/mol. The summed E-state index contributed by atoms with van der Waals surface area (Å²) < 4.78 is 11.9. The molecule has 1 atom stereocenters. The summed E-state index contributed by atoms with van der Waals surface area (Å²) >= 11 is 0. The van der Waals surface area contributed by atoms with Crippen molar-refractivity contribution < 1.29 is 9.15 Å². The van der Waals surface area contributed by atoms with Crippen LogP contribution in [0.3, 0.4) is 0 Å². The van der Waals surface area contributed by atoms with Crippen LogP contribution >= 0.6 is 0 Å². The molecule has 0 N–H and O–H groups in total. The SMILES string of the molecule is CC1=Cc2c(c3ccccc3oc2=O)OC1(C)c1ccc(N(C)C)cc1. The normalized spacial score (nSPS) is 18.8. The van der Waals surface area contributed by atoms with Gasteiger partial charge in [-0.25, -0.2) is 4.79 Å². The van der Waals surface area contributed by atoms with Gasteiger partial charge in [-0.15, -0.1) is 0 Å². The van der Waals surface area contributed by atoms with E-state index in [2.05, 4.69) is 29.2 Å². The fourth-order valence-electron chi connectivity index (χ4n) is 3.37. The molecule has 1 aliphatic rings. The van der Waals surface area contributed by atoms with Gasteiger partial charge < -0.3 is 14.1 Å². The van der Waals surface area contributed by atoms with Crippen LogP contribution in [0.15, 0.2) is 63.3 Å². The van der Waals surface area contributed by atoms with Gasteiger partial charge in [0, 0.05) is 19.8 Å². The number of para-hydroxylation sites is 1. The molecule has 0 aliphatic carbocycles. The molecular weight excluding hydrogens is 326 g/mol. The second-order valence-corrected chi connectivity index (χ2v) is 7.03. The molecule has 0 saturated heterocycles. The van der Waals surface area contributed by atoms with Gasteiger partial charge in [-0.3, -0.25) is 0 Å². The molecule has 4 nitrogen and oxygen atoms in total. The molecule has 0 fully saturated rings. The van der Waals surface area contributed by atoms with Crippen LogP contribution in [0, 0.1) is 0 Å². The largest absolute Gasteiger partial charge is 0.477 e. The Kier molecular flexibility index (Phi) is 3.65. The lowest BCUT2D eigenvalue weighted by Gasteiger charge is -2.36. The molecule has 4 rings (SSSR count). The van der Waals surface area contributed by atoms with E-state index >= 15 is 0 Å². The van der Waals surface area contributed by atoms with Crippen LogP contribution in [0.1, 0.15) is 25.0 Å². The quantitative estimate of drug-likeness (QED) is 0.637. The molecule has 2 heterocycles. The number of ether oxygens (including phenoxy) is 1. The van der Waals surface area contributed by atoms with E-state index in [0.29, 0.717) is 16.9 Å². The lowest BCUT2D eigenvalue weighted by molar-refractivity contribution is 0.125. The van der Waals surface area contributed by atoms with Crippen molar-refractivity contribution in [1.29, 1.82) is 0 Å². The first-order chi connectivity index (χ1) is 12.4. The topological polar surface area (TPSA) is 42.7 Å². The average molecular weight is 347 g/mol. The molecule has 132 valence electrons. The van der Waals surface area contributed by atoms with Gasteiger partial charge >= 0.3 is 5.63 Å². The van der Waals surface area contributed by atoms with Crippen molar-refractivity contribution in [3.8, 4) is 5.75 Å². The first kappa shape index (κ1) is 16.5. The number of anilines is 1. The zero-order valence-electron chi connectivity index (χ0n) is 15.4. The summed E-state index contributed by atoms with van der Waals surface area (Å²) in [5.74, 6) is 0.585. The molecule has 0 spiro atoms. The van der Waals surface area contributed by atoms with Gasteiger partial charge in [0.1, 0.15) is 16.9 Å². The van der Waals surface area contributed by atoms with Crippen molar-refractivity contribution in [3.63, 3.8) is 0 Å². The predicted octanol–water partition coefficient (Wildman–Crippen LogP) is 4.57. The highest BCUT2D eigenvalue weighted by molar-refractivity contribution is 5.88. The third-order valence-electron chi connectivity index (χ3n) is 5.15. The van der Waals surface area contributed by atoms with E-state index in [1.807, 2.05) is 52.2 Å². The molecule has 3 aromatic rings. The number of hydrogen-bond donors (Lipinski definition) is 0. The van der Waals surface area contributed by atoms with Crippen LogP contribution in [0.25, 0.3) is 17.0 Å². The maximum absolute atomic E-state index is 12.4. The van der Waals surface area contributed by atoms with Gasteiger partial charge in [-0.1, -0.05) is 24.3 Å². The number of benzene rings is 2. The predicted molar refractivity (Wildman–Crippen MR) is 105 cm³/mol. The van der Waals surface area contributed by atoms with Crippen LogP contribution in [0.5, 0.6) is 5.75 Å². The molecule has 1 unspecified atom stereocenters. The highest BCUT2D eigenvalue weighted by Crippen LogP contribution is 2.43. The Labute approximate surface area is 152 Å². The Hall–Kier alpha value is -3.01. The Morgan fingerprint density at radius 1 is 1.00 bits per heavy atom. The molecular formula is C22H21NO3. The van der Waals surface area contributed by atoms with Crippen molar-refractivity contribution >= 4 is 22.7 Å². The Balaban J connectivity index is 1.89. The van der Waals surface area contributed by atoms with Crippen LogP contribution < -0.4 is 15.3 Å². The van der Waals surface area contributed by atoms with Gasteiger partial charge in [0.25, 0.3) is 0 Å². The van der Waals surface area contributed by atoms with Gasteiger partial charge in [-0.05, 0) is 55.3 Å². The third-order valence-corrected chi connectivity index (χ3v) is 5.15.